The molecular weight excluding hydrogens is 236 g/mol. The maximum absolute atomic E-state index is 12.1. The lowest BCUT2D eigenvalue weighted by Gasteiger charge is -2.30. The van der Waals surface area contributed by atoms with Gasteiger partial charge in [0.2, 0.25) is 0 Å². The Morgan fingerprint density at radius 1 is 1.41 bits per heavy atom. The van der Waals surface area contributed by atoms with E-state index in [0.29, 0.717) is 16.5 Å². The van der Waals surface area contributed by atoms with Crippen molar-refractivity contribution in [2.24, 2.45) is 0 Å². The molecule has 2 heterocycles. The molecule has 0 bridgehead atoms. The van der Waals surface area contributed by atoms with Crippen LogP contribution >= 0.6 is 11.6 Å². The molecule has 2 atom stereocenters. The van der Waals surface area contributed by atoms with Crippen LogP contribution in [-0.4, -0.2) is 25.0 Å². The summed E-state index contributed by atoms with van der Waals surface area (Å²) in [4.78, 5) is 12.1. The fourth-order valence-electron chi connectivity index (χ4n) is 2.97. The standard InChI is InChI=1S/C13H15ClN2O/c1-2-7-3-4-9(14)12-11(7)8-5-15-6-10(8)16-13(12)17/h3-4,8,10,15H,2,5-6H2,1H3,(H,16,17)/t8-,10-/m1/s1. The van der Waals surface area contributed by atoms with E-state index < -0.39 is 0 Å². The second kappa shape index (κ2) is 4.00. The van der Waals surface area contributed by atoms with Gasteiger partial charge in [0, 0.05) is 25.0 Å². The first-order chi connectivity index (χ1) is 8.22. The van der Waals surface area contributed by atoms with Crippen LogP contribution in [0.5, 0.6) is 0 Å². The van der Waals surface area contributed by atoms with Crippen molar-refractivity contribution in [1.29, 1.82) is 0 Å². The number of carbonyl (C=O) groups excluding carboxylic acids is 1. The van der Waals surface area contributed by atoms with Crippen LogP contribution in [0.2, 0.25) is 5.02 Å². The minimum Gasteiger partial charge on any atom is -0.347 e. The summed E-state index contributed by atoms with van der Waals surface area (Å²) in [5.41, 5.74) is 3.10. The molecule has 1 amide bonds. The largest absolute Gasteiger partial charge is 0.347 e. The summed E-state index contributed by atoms with van der Waals surface area (Å²) in [5, 5.41) is 6.95. The lowest BCUT2D eigenvalue weighted by molar-refractivity contribution is 0.0924. The first-order valence-corrected chi connectivity index (χ1v) is 6.43. The fourth-order valence-corrected chi connectivity index (χ4v) is 3.22. The molecule has 2 aliphatic rings. The first kappa shape index (κ1) is 11.1. The Labute approximate surface area is 106 Å². The van der Waals surface area contributed by atoms with E-state index in [9.17, 15) is 4.79 Å². The van der Waals surface area contributed by atoms with E-state index in [1.165, 1.54) is 11.1 Å². The molecule has 1 saturated heterocycles. The molecule has 0 spiro atoms. The molecule has 2 aliphatic heterocycles. The van der Waals surface area contributed by atoms with Gasteiger partial charge < -0.3 is 10.6 Å². The van der Waals surface area contributed by atoms with Crippen molar-refractivity contribution in [3.8, 4) is 0 Å². The molecule has 0 unspecified atom stereocenters. The van der Waals surface area contributed by atoms with E-state index in [4.69, 9.17) is 11.6 Å². The highest BCUT2D eigenvalue weighted by Crippen LogP contribution is 2.36. The normalized spacial score (nSPS) is 26.4. The van der Waals surface area contributed by atoms with Crippen molar-refractivity contribution < 1.29 is 4.79 Å². The summed E-state index contributed by atoms with van der Waals surface area (Å²) >= 11 is 6.18. The third-order valence-electron chi connectivity index (χ3n) is 3.79. The SMILES string of the molecule is CCc1ccc(Cl)c2c1[C@@H]1CNC[C@H]1NC2=O. The van der Waals surface area contributed by atoms with Crippen LogP contribution in [0.25, 0.3) is 0 Å². The van der Waals surface area contributed by atoms with Gasteiger partial charge in [-0.05, 0) is 23.6 Å². The summed E-state index contributed by atoms with van der Waals surface area (Å²) < 4.78 is 0. The van der Waals surface area contributed by atoms with Gasteiger partial charge >= 0.3 is 0 Å². The summed E-state index contributed by atoms with van der Waals surface area (Å²) in [6.07, 6.45) is 0.940. The van der Waals surface area contributed by atoms with Crippen LogP contribution in [-0.2, 0) is 6.42 Å². The third-order valence-corrected chi connectivity index (χ3v) is 4.11. The molecular formula is C13H15ClN2O. The van der Waals surface area contributed by atoms with Gasteiger partial charge in [0.15, 0.2) is 0 Å². The zero-order valence-corrected chi connectivity index (χ0v) is 10.5. The molecule has 4 heteroatoms. The number of carbonyl (C=O) groups is 1. The van der Waals surface area contributed by atoms with E-state index in [2.05, 4.69) is 23.6 Å². The zero-order valence-electron chi connectivity index (χ0n) is 9.72. The third kappa shape index (κ3) is 1.57. The monoisotopic (exact) mass is 250 g/mol. The van der Waals surface area contributed by atoms with E-state index in [0.717, 1.165) is 19.5 Å². The number of amides is 1. The van der Waals surface area contributed by atoms with Gasteiger partial charge in [-0.25, -0.2) is 0 Å². The summed E-state index contributed by atoms with van der Waals surface area (Å²) in [6.45, 7) is 3.89. The minimum absolute atomic E-state index is 0.0229. The van der Waals surface area contributed by atoms with Gasteiger partial charge in [-0.1, -0.05) is 24.6 Å². The molecule has 1 fully saturated rings. The second-order valence-electron chi connectivity index (χ2n) is 4.69. The van der Waals surface area contributed by atoms with E-state index >= 15 is 0 Å². The molecule has 0 radical (unpaired) electrons. The predicted octanol–water partition coefficient (Wildman–Crippen LogP) is 1.70. The highest BCUT2D eigenvalue weighted by molar-refractivity contribution is 6.34. The predicted molar refractivity (Wildman–Crippen MR) is 67.7 cm³/mol. The van der Waals surface area contributed by atoms with Crippen LogP contribution in [0.4, 0.5) is 0 Å². The number of rotatable bonds is 1. The Morgan fingerprint density at radius 2 is 2.24 bits per heavy atom. The molecule has 3 nitrogen and oxygen atoms in total. The van der Waals surface area contributed by atoms with Gasteiger partial charge in [-0.2, -0.15) is 0 Å². The molecule has 2 N–H and O–H groups in total. The van der Waals surface area contributed by atoms with Crippen molar-refractivity contribution in [3.05, 3.63) is 33.8 Å². The van der Waals surface area contributed by atoms with E-state index in [-0.39, 0.29) is 11.9 Å². The van der Waals surface area contributed by atoms with Crippen LogP contribution < -0.4 is 10.6 Å². The average molecular weight is 251 g/mol. The van der Waals surface area contributed by atoms with Crippen molar-refractivity contribution >= 4 is 17.5 Å². The molecule has 1 aromatic rings. The average Bonchev–Trinajstić information content (AvgIpc) is 2.77. The number of nitrogens with one attached hydrogen (secondary N) is 2. The van der Waals surface area contributed by atoms with Crippen molar-refractivity contribution in [3.63, 3.8) is 0 Å². The zero-order chi connectivity index (χ0) is 12.0. The molecule has 0 aliphatic carbocycles. The van der Waals surface area contributed by atoms with Crippen LogP contribution in [0.1, 0.15) is 34.3 Å². The topological polar surface area (TPSA) is 41.1 Å². The maximum Gasteiger partial charge on any atom is 0.253 e. The Hall–Kier alpha value is -1.06. The molecule has 0 saturated carbocycles. The van der Waals surface area contributed by atoms with Gasteiger partial charge in [0.1, 0.15) is 0 Å². The quantitative estimate of drug-likeness (QED) is 0.797. The lowest BCUT2D eigenvalue weighted by Crippen LogP contribution is -2.44. The van der Waals surface area contributed by atoms with E-state index in [1.54, 1.807) is 0 Å². The number of benzene rings is 1. The van der Waals surface area contributed by atoms with Crippen molar-refractivity contribution in [2.45, 2.75) is 25.3 Å². The summed E-state index contributed by atoms with van der Waals surface area (Å²) in [6, 6.07) is 4.11. The number of fused-ring (bicyclic) bond motifs is 3. The smallest absolute Gasteiger partial charge is 0.253 e. The molecule has 17 heavy (non-hydrogen) atoms. The van der Waals surface area contributed by atoms with Crippen LogP contribution in [0.3, 0.4) is 0 Å². The minimum atomic E-state index is -0.0229. The lowest BCUT2D eigenvalue weighted by atomic mass is 9.82. The number of hydrogen-bond donors (Lipinski definition) is 2. The highest BCUT2D eigenvalue weighted by atomic mass is 35.5. The van der Waals surface area contributed by atoms with Crippen LogP contribution in [0, 0.1) is 0 Å². The van der Waals surface area contributed by atoms with E-state index in [1.807, 2.05) is 6.07 Å². The highest BCUT2D eigenvalue weighted by Gasteiger charge is 2.38. The Morgan fingerprint density at radius 3 is 3.00 bits per heavy atom. The summed E-state index contributed by atoms with van der Waals surface area (Å²) in [7, 11) is 0. The van der Waals surface area contributed by atoms with Gasteiger partial charge in [-0.3, -0.25) is 4.79 Å². The Kier molecular flexibility index (Phi) is 2.60. The number of halogens is 1. The van der Waals surface area contributed by atoms with Gasteiger partial charge in [-0.15, -0.1) is 0 Å². The van der Waals surface area contributed by atoms with Gasteiger partial charge in [0.25, 0.3) is 5.91 Å². The van der Waals surface area contributed by atoms with Crippen LogP contribution in [0.15, 0.2) is 12.1 Å². The molecule has 3 rings (SSSR count). The van der Waals surface area contributed by atoms with Gasteiger partial charge in [0.05, 0.1) is 10.6 Å². The maximum atomic E-state index is 12.1. The van der Waals surface area contributed by atoms with Crippen molar-refractivity contribution in [2.75, 3.05) is 13.1 Å². The Balaban J connectivity index is 2.23. The second-order valence-corrected chi connectivity index (χ2v) is 5.10. The summed E-state index contributed by atoms with van der Waals surface area (Å²) in [5.74, 6) is 0.349. The molecule has 1 aromatic carbocycles. The first-order valence-electron chi connectivity index (χ1n) is 6.05. The Bertz CT molecular complexity index is 487. The number of aryl methyl sites for hydroxylation is 1. The molecule has 0 aromatic heterocycles. The molecule has 90 valence electrons. The fraction of sp³-hybridized carbons (Fsp3) is 0.462. The number of hydrogen-bond acceptors (Lipinski definition) is 2. The van der Waals surface area contributed by atoms with Crippen molar-refractivity contribution in [1.82, 2.24) is 10.6 Å².